The molecule has 6 nitrogen and oxygen atoms in total. The molecule has 112 valence electrons. The maximum absolute atomic E-state index is 11.9. The van der Waals surface area contributed by atoms with E-state index in [1.807, 2.05) is 0 Å². The summed E-state index contributed by atoms with van der Waals surface area (Å²) >= 11 is 0. The number of hydrogen-bond donors (Lipinski definition) is 2. The van der Waals surface area contributed by atoms with E-state index < -0.39 is 6.10 Å². The van der Waals surface area contributed by atoms with E-state index in [0.717, 1.165) is 32.1 Å². The quantitative estimate of drug-likeness (QED) is 0.851. The number of aryl methyl sites for hydroxylation is 1. The highest BCUT2D eigenvalue weighted by Gasteiger charge is 2.21. The van der Waals surface area contributed by atoms with E-state index in [0.29, 0.717) is 13.0 Å². The number of carbonyl (C=O) groups is 1. The van der Waals surface area contributed by atoms with Crippen LogP contribution < -0.4 is 5.32 Å². The van der Waals surface area contributed by atoms with Crippen molar-refractivity contribution in [1.29, 1.82) is 0 Å². The van der Waals surface area contributed by atoms with E-state index in [2.05, 4.69) is 15.4 Å². The summed E-state index contributed by atoms with van der Waals surface area (Å²) in [5.74, 6) is 0.0229. The fraction of sp³-hybridized carbons (Fsp3) is 0.786. The van der Waals surface area contributed by atoms with Crippen molar-refractivity contribution in [3.05, 3.63) is 12.7 Å². The molecule has 1 saturated carbocycles. The van der Waals surface area contributed by atoms with Crippen LogP contribution in [0.1, 0.15) is 51.4 Å². The van der Waals surface area contributed by atoms with Gasteiger partial charge in [-0.15, -0.1) is 0 Å². The van der Waals surface area contributed by atoms with Crippen molar-refractivity contribution in [2.75, 3.05) is 0 Å². The van der Waals surface area contributed by atoms with Crippen LogP contribution in [0.2, 0.25) is 0 Å². The molecule has 0 radical (unpaired) electrons. The average Bonchev–Trinajstić information content (AvgIpc) is 2.92. The minimum atomic E-state index is -0.394. The molecule has 0 spiro atoms. The van der Waals surface area contributed by atoms with E-state index in [1.165, 1.54) is 19.2 Å². The van der Waals surface area contributed by atoms with Crippen molar-refractivity contribution in [1.82, 2.24) is 20.1 Å². The monoisotopic (exact) mass is 280 g/mol. The van der Waals surface area contributed by atoms with Gasteiger partial charge in [0.25, 0.3) is 0 Å². The standard InChI is InChI=1S/C14H24N4O2/c19-13-7-4-2-1-3-6-12(13)17-14(20)8-5-9-18-11-15-10-16-18/h10-13,19H,1-9H2,(H,17,20)/t12-,13-/m0/s1. The number of hydrogen-bond acceptors (Lipinski definition) is 4. The highest BCUT2D eigenvalue weighted by molar-refractivity contribution is 5.76. The zero-order valence-corrected chi connectivity index (χ0v) is 11.9. The molecule has 20 heavy (non-hydrogen) atoms. The van der Waals surface area contributed by atoms with E-state index >= 15 is 0 Å². The summed E-state index contributed by atoms with van der Waals surface area (Å²) in [5.41, 5.74) is 0. The molecule has 6 heteroatoms. The first-order valence-electron chi connectivity index (χ1n) is 7.55. The molecule has 2 rings (SSSR count). The summed E-state index contributed by atoms with van der Waals surface area (Å²) < 4.78 is 1.72. The molecule has 2 N–H and O–H groups in total. The molecule has 1 aliphatic carbocycles. The lowest BCUT2D eigenvalue weighted by Gasteiger charge is -2.26. The second-order valence-corrected chi connectivity index (χ2v) is 5.50. The zero-order chi connectivity index (χ0) is 14.2. The van der Waals surface area contributed by atoms with Crippen LogP contribution in [0.15, 0.2) is 12.7 Å². The highest BCUT2D eigenvalue weighted by Crippen LogP contribution is 2.18. The Hall–Kier alpha value is -1.43. The highest BCUT2D eigenvalue weighted by atomic mass is 16.3. The first-order valence-corrected chi connectivity index (χ1v) is 7.55. The lowest BCUT2D eigenvalue weighted by atomic mass is 9.94. The Morgan fingerprint density at radius 3 is 2.85 bits per heavy atom. The van der Waals surface area contributed by atoms with Gasteiger partial charge in [-0.1, -0.05) is 25.7 Å². The van der Waals surface area contributed by atoms with Crippen LogP contribution in [0.25, 0.3) is 0 Å². The predicted molar refractivity (Wildman–Crippen MR) is 74.9 cm³/mol. The average molecular weight is 280 g/mol. The van der Waals surface area contributed by atoms with E-state index in [1.54, 1.807) is 11.0 Å². The van der Waals surface area contributed by atoms with Gasteiger partial charge in [-0.25, -0.2) is 4.98 Å². The van der Waals surface area contributed by atoms with Crippen LogP contribution in [0.4, 0.5) is 0 Å². The summed E-state index contributed by atoms with van der Waals surface area (Å²) in [5, 5.41) is 17.0. The second-order valence-electron chi connectivity index (χ2n) is 5.50. The maximum atomic E-state index is 11.9. The van der Waals surface area contributed by atoms with Gasteiger partial charge in [0.1, 0.15) is 12.7 Å². The van der Waals surface area contributed by atoms with Gasteiger partial charge in [-0.2, -0.15) is 5.10 Å². The van der Waals surface area contributed by atoms with Gasteiger partial charge in [0.2, 0.25) is 5.91 Å². The van der Waals surface area contributed by atoms with E-state index in [4.69, 9.17) is 0 Å². The number of amides is 1. The van der Waals surface area contributed by atoms with Crippen LogP contribution in [0.3, 0.4) is 0 Å². The van der Waals surface area contributed by atoms with Crippen molar-refractivity contribution >= 4 is 5.91 Å². The van der Waals surface area contributed by atoms with Gasteiger partial charge in [0, 0.05) is 13.0 Å². The first-order chi connectivity index (χ1) is 9.75. The molecule has 1 fully saturated rings. The van der Waals surface area contributed by atoms with Gasteiger partial charge in [-0.3, -0.25) is 9.48 Å². The van der Waals surface area contributed by atoms with Crippen LogP contribution in [0.5, 0.6) is 0 Å². The van der Waals surface area contributed by atoms with Crippen LogP contribution >= 0.6 is 0 Å². The van der Waals surface area contributed by atoms with Crippen molar-refractivity contribution < 1.29 is 9.90 Å². The number of aliphatic hydroxyl groups excluding tert-OH is 1. The molecule has 0 aliphatic heterocycles. The second kappa shape index (κ2) is 7.99. The third-order valence-corrected chi connectivity index (χ3v) is 3.83. The summed E-state index contributed by atoms with van der Waals surface area (Å²) in [6.45, 7) is 0.695. The Labute approximate surface area is 119 Å². The topological polar surface area (TPSA) is 80.0 Å². The molecule has 1 aromatic heterocycles. The third kappa shape index (κ3) is 4.92. The minimum absolute atomic E-state index is 0.0229. The SMILES string of the molecule is O=C(CCCn1cncn1)N[C@H]1CCCCCC[C@@H]1O. The first kappa shape index (κ1) is 15.0. The van der Waals surface area contributed by atoms with Crippen molar-refractivity contribution in [3.63, 3.8) is 0 Å². The predicted octanol–water partition coefficient (Wildman–Crippen LogP) is 1.26. The summed E-state index contributed by atoms with van der Waals surface area (Å²) in [6, 6.07) is -0.0748. The smallest absolute Gasteiger partial charge is 0.220 e. The molecule has 1 amide bonds. The Kier molecular flexibility index (Phi) is 5.98. The number of aliphatic hydroxyl groups is 1. The molecular formula is C14H24N4O2. The van der Waals surface area contributed by atoms with E-state index in [-0.39, 0.29) is 11.9 Å². The lowest BCUT2D eigenvalue weighted by molar-refractivity contribution is -0.123. The maximum Gasteiger partial charge on any atom is 0.220 e. The zero-order valence-electron chi connectivity index (χ0n) is 11.9. The molecule has 2 atom stereocenters. The Morgan fingerprint density at radius 1 is 1.30 bits per heavy atom. The van der Waals surface area contributed by atoms with Crippen molar-refractivity contribution in [2.24, 2.45) is 0 Å². The fourth-order valence-electron chi connectivity index (χ4n) is 2.66. The Morgan fingerprint density at radius 2 is 2.10 bits per heavy atom. The lowest BCUT2D eigenvalue weighted by Crippen LogP contribution is -2.43. The van der Waals surface area contributed by atoms with Gasteiger partial charge in [0.15, 0.2) is 0 Å². The molecule has 0 saturated heterocycles. The molecule has 0 aromatic carbocycles. The van der Waals surface area contributed by atoms with Crippen LogP contribution in [-0.2, 0) is 11.3 Å². The van der Waals surface area contributed by atoms with Gasteiger partial charge >= 0.3 is 0 Å². The summed E-state index contributed by atoms with van der Waals surface area (Å²) in [6.07, 6.45) is 10.2. The molecule has 0 unspecified atom stereocenters. The minimum Gasteiger partial charge on any atom is -0.391 e. The summed E-state index contributed by atoms with van der Waals surface area (Å²) in [4.78, 5) is 15.8. The number of aromatic nitrogens is 3. The molecule has 1 aliphatic rings. The van der Waals surface area contributed by atoms with Gasteiger partial charge in [0.05, 0.1) is 12.1 Å². The van der Waals surface area contributed by atoms with Crippen LogP contribution in [-0.4, -0.2) is 37.9 Å². The molecule has 1 heterocycles. The van der Waals surface area contributed by atoms with Crippen LogP contribution in [0, 0.1) is 0 Å². The van der Waals surface area contributed by atoms with Crippen molar-refractivity contribution in [2.45, 2.75) is 70.1 Å². The largest absolute Gasteiger partial charge is 0.391 e. The summed E-state index contributed by atoms with van der Waals surface area (Å²) in [7, 11) is 0. The molecule has 1 aromatic rings. The normalized spacial score (nSPS) is 23.9. The van der Waals surface area contributed by atoms with E-state index in [9.17, 15) is 9.90 Å². The number of nitrogens with one attached hydrogen (secondary N) is 1. The number of nitrogens with zero attached hydrogens (tertiary/aromatic N) is 3. The van der Waals surface area contributed by atoms with Crippen molar-refractivity contribution in [3.8, 4) is 0 Å². The Bertz CT molecular complexity index is 394. The molecule has 0 bridgehead atoms. The Balaban J connectivity index is 1.69. The number of rotatable bonds is 5. The van der Waals surface area contributed by atoms with Gasteiger partial charge in [-0.05, 0) is 19.3 Å². The third-order valence-electron chi connectivity index (χ3n) is 3.83. The fourth-order valence-corrected chi connectivity index (χ4v) is 2.66. The number of carbonyl (C=O) groups excluding carboxylic acids is 1. The molecular weight excluding hydrogens is 256 g/mol. The van der Waals surface area contributed by atoms with Gasteiger partial charge < -0.3 is 10.4 Å².